The van der Waals surface area contributed by atoms with E-state index in [1.54, 1.807) is 30.7 Å². The first kappa shape index (κ1) is 21.2. The number of nitrogens with zero attached hydrogens (tertiary/aromatic N) is 3. The Hall–Kier alpha value is -3.48. The second-order valence-electron chi connectivity index (χ2n) is 8.41. The second-order valence-corrected chi connectivity index (χ2v) is 8.41. The van der Waals surface area contributed by atoms with Crippen LogP contribution in [0.3, 0.4) is 0 Å². The van der Waals surface area contributed by atoms with E-state index in [1.165, 1.54) is 5.56 Å². The number of carbonyl (C=O) groups is 1. The summed E-state index contributed by atoms with van der Waals surface area (Å²) in [5, 5.41) is 18.3. The number of hydrogen-bond acceptors (Lipinski definition) is 4. The fraction of sp³-hybridized carbons (Fsp3) is 0.304. The summed E-state index contributed by atoms with van der Waals surface area (Å²) in [7, 11) is 0. The third-order valence-electron chi connectivity index (χ3n) is 5.08. The first-order valence-electron chi connectivity index (χ1n) is 9.75. The Labute approximate surface area is 175 Å². The summed E-state index contributed by atoms with van der Waals surface area (Å²) in [6.07, 6.45) is 0. The molecule has 0 aliphatic rings. The van der Waals surface area contributed by atoms with Crippen molar-refractivity contribution in [1.82, 2.24) is 9.78 Å². The standard InChI is InChI=1S/C23H26N4O3/c1-15-21(27(29)30)16(2)26(25-15)14-17-6-8-18(9-7-17)22(28)24-20-12-10-19(11-13-20)23(3,4)5/h6-13H,14H2,1-5H3,(H,24,28). The van der Waals surface area contributed by atoms with E-state index in [-0.39, 0.29) is 17.0 Å². The lowest BCUT2D eigenvalue weighted by Gasteiger charge is -2.19. The lowest BCUT2D eigenvalue weighted by molar-refractivity contribution is -0.386. The van der Waals surface area contributed by atoms with Gasteiger partial charge >= 0.3 is 5.69 Å². The Balaban J connectivity index is 1.69. The fourth-order valence-corrected chi connectivity index (χ4v) is 3.30. The van der Waals surface area contributed by atoms with Gasteiger partial charge in [0.15, 0.2) is 0 Å². The van der Waals surface area contributed by atoms with Gasteiger partial charge in [0.1, 0.15) is 11.4 Å². The van der Waals surface area contributed by atoms with Crippen LogP contribution in [-0.2, 0) is 12.0 Å². The predicted molar refractivity (Wildman–Crippen MR) is 117 cm³/mol. The van der Waals surface area contributed by atoms with Gasteiger partial charge in [0.25, 0.3) is 5.91 Å². The van der Waals surface area contributed by atoms with Crippen molar-refractivity contribution in [2.45, 2.75) is 46.6 Å². The van der Waals surface area contributed by atoms with Crippen molar-refractivity contribution in [2.75, 3.05) is 5.32 Å². The molecule has 1 amide bonds. The smallest absolute Gasteiger partial charge is 0.312 e. The molecule has 7 heteroatoms. The van der Waals surface area contributed by atoms with Crippen LogP contribution in [0.2, 0.25) is 0 Å². The quantitative estimate of drug-likeness (QED) is 0.476. The molecule has 0 atom stereocenters. The van der Waals surface area contributed by atoms with Crippen molar-refractivity contribution in [3.63, 3.8) is 0 Å². The van der Waals surface area contributed by atoms with Gasteiger partial charge in [0.05, 0.1) is 11.5 Å². The maximum absolute atomic E-state index is 12.5. The molecule has 3 aromatic rings. The Kier molecular flexibility index (Phi) is 5.73. The first-order valence-corrected chi connectivity index (χ1v) is 9.75. The number of aromatic nitrogens is 2. The molecule has 156 valence electrons. The van der Waals surface area contributed by atoms with Gasteiger partial charge in [-0.1, -0.05) is 45.0 Å². The van der Waals surface area contributed by atoms with Crippen LogP contribution in [0.4, 0.5) is 11.4 Å². The van der Waals surface area contributed by atoms with Crippen LogP contribution in [0.1, 0.15) is 53.6 Å². The molecule has 0 spiro atoms. The summed E-state index contributed by atoms with van der Waals surface area (Å²) in [6.45, 7) is 10.1. The zero-order chi connectivity index (χ0) is 22.1. The predicted octanol–water partition coefficient (Wildman–Crippen LogP) is 5.01. The summed E-state index contributed by atoms with van der Waals surface area (Å²) in [6, 6.07) is 15.0. The SMILES string of the molecule is Cc1nn(Cc2ccc(C(=O)Nc3ccc(C(C)(C)C)cc3)cc2)c(C)c1[N+](=O)[O-]. The molecular weight excluding hydrogens is 380 g/mol. The van der Waals surface area contributed by atoms with Crippen LogP contribution in [0.15, 0.2) is 48.5 Å². The summed E-state index contributed by atoms with van der Waals surface area (Å²) in [4.78, 5) is 23.3. The molecule has 3 rings (SSSR count). The lowest BCUT2D eigenvalue weighted by Crippen LogP contribution is -2.13. The zero-order valence-electron chi connectivity index (χ0n) is 17.9. The molecular formula is C23H26N4O3. The number of hydrogen-bond donors (Lipinski definition) is 1. The van der Waals surface area contributed by atoms with E-state index in [0.29, 0.717) is 23.5 Å². The highest BCUT2D eigenvalue weighted by molar-refractivity contribution is 6.04. The van der Waals surface area contributed by atoms with Crippen LogP contribution < -0.4 is 5.32 Å². The highest BCUT2D eigenvalue weighted by Gasteiger charge is 2.21. The van der Waals surface area contributed by atoms with Crippen molar-refractivity contribution in [2.24, 2.45) is 0 Å². The molecule has 1 heterocycles. The number of nitrogens with one attached hydrogen (secondary N) is 1. The van der Waals surface area contributed by atoms with Crippen LogP contribution in [0.25, 0.3) is 0 Å². The molecule has 0 unspecified atom stereocenters. The van der Waals surface area contributed by atoms with Crippen LogP contribution in [-0.4, -0.2) is 20.6 Å². The molecule has 7 nitrogen and oxygen atoms in total. The molecule has 0 aliphatic heterocycles. The minimum absolute atomic E-state index is 0.0449. The van der Waals surface area contributed by atoms with Crippen molar-refractivity contribution < 1.29 is 9.72 Å². The zero-order valence-corrected chi connectivity index (χ0v) is 17.9. The number of anilines is 1. The topological polar surface area (TPSA) is 90.1 Å². The van der Waals surface area contributed by atoms with Gasteiger partial charge in [-0.2, -0.15) is 5.10 Å². The average molecular weight is 406 g/mol. The van der Waals surface area contributed by atoms with E-state index in [4.69, 9.17) is 0 Å². The normalized spacial score (nSPS) is 11.4. The summed E-state index contributed by atoms with van der Waals surface area (Å²) < 4.78 is 1.61. The van der Waals surface area contributed by atoms with Crippen molar-refractivity contribution in [3.05, 3.63) is 86.7 Å². The molecule has 0 bridgehead atoms. The lowest BCUT2D eigenvalue weighted by atomic mass is 9.87. The van der Waals surface area contributed by atoms with E-state index in [1.807, 2.05) is 36.4 Å². The number of benzene rings is 2. The summed E-state index contributed by atoms with van der Waals surface area (Å²) >= 11 is 0. The average Bonchev–Trinajstić information content (AvgIpc) is 2.95. The van der Waals surface area contributed by atoms with Gasteiger partial charge in [-0.3, -0.25) is 19.6 Å². The van der Waals surface area contributed by atoms with E-state index in [9.17, 15) is 14.9 Å². The fourth-order valence-electron chi connectivity index (χ4n) is 3.30. The van der Waals surface area contributed by atoms with Crippen molar-refractivity contribution in [1.29, 1.82) is 0 Å². The number of rotatable bonds is 5. The Morgan fingerprint density at radius 1 is 1.07 bits per heavy atom. The minimum Gasteiger partial charge on any atom is -0.322 e. The molecule has 1 N–H and O–H groups in total. The number of carbonyl (C=O) groups excluding carboxylic acids is 1. The Morgan fingerprint density at radius 2 is 1.67 bits per heavy atom. The van der Waals surface area contributed by atoms with Gasteiger partial charge in [-0.05, 0) is 54.7 Å². The molecule has 30 heavy (non-hydrogen) atoms. The number of amides is 1. The van der Waals surface area contributed by atoms with E-state index in [2.05, 4.69) is 31.2 Å². The van der Waals surface area contributed by atoms with Crippen LogP contribution >= 0.6 is 0 Å². The van der Waals surface area contributed by atoms with E-state index in [0.717, 1.165) is 11.3 Å². The van der Waals surface area contributed by atoms with Gasteiger partial charge in [-0.15, -0.1) is 0 Å². The van der Waals surface area contributed by atoms with Gasteiger partial charge in [0.2, 0.25) is 0 Å². The molecule has 0 saturated carbocycles. The summed E-state index contributed by atoms with van der Waals surface area (Å²) in [5.74, 6) is -0.188. The summed E-state index contributed by atoms with van der Waals surface area (Å²) in [5.41, 5.74) is 4.40. The maximum atomic E-state index is 12.5. The second kappa shape index (κ2) is 8.10. The van der Waals surface area contributed by atoms with Gasteiger partial charge < -0.3 is 5.32 Å². The molecule has 0 radical (unpaired) electrons. The van der Waals surface area contributed by atoms with Crippen molar-refractivity contribution in [3.8, 4) is 0 Å². The van der Waals surface area contributed by atoms with Gasteiger partial charge in [-0.25, -0.2) is 0 Å². The van der Waals surface area contributed by atoms with Crippen LogP contribution in [0, 0.1) is 24.0 Å². The van der Waals surface area contributed by atoms with E-state index < -0.39 is 4.92 Å². The Bertz CT molecular complexity index is 1080. The minimum atomic E-state index is -0.407. The maximum Gasteiger partial charge on any atom is 0.312 e. The molecule has 0 aliphatic carbocycles. The Morgan fingerprint density at radius 3 is 2.17 bits per heavy atom. The molecule has 1 aromatic heterocycles. The number of aryl methyl sites for hydroxylation is 1. The third-order valence-corrected chi connectivity index (χ3v) is 5.08. The molecule has 0 saturated heterocycles. The number of nitro groups is 1. The first-order chi connectivity index (χ1) is 14.1. The highest BCUT2D eigenvalue weighted by atomic mass is 16.6. The third kappa shape index (κ3) is 4.56. The van der Waals surface area contributed by atoms with Crippen LogP contribution in [0.5, 0.6) is 0 Å². The van der Waals surface area contributed by atoms with Gasteiger partial charge in [0, 0.05) is 11.3 Å². The van der Waals surface area contributed by atoms with Crippen molar-refractivity contribution >= 4 is 17.3 Å². The largest absolute Gasteiger partial charge is 0.322 e. The van der Waals surface area contributed by atoms with E-state index >= 15 is 0 Å². The molecule has 0 fully saturated rings. The monoisotopic (exact) mass is 406 g/mol. The molecule has 2 aromatic carbocycles. The highest BCUT2D eigenvalue weighted by Crippen LogP contribution is 2.24.